The van der Waals surface area contributed by atoms with Crippen molar-refractivity contribution < 1.29 is 28.8 Å². The molecule has 0 aromatic heterocycles. The third-order valence-electron chi connectivity index (χ3n) is 8.99. The highest BCUT2D eigenvalue weighted by molar-refractivity contribution is 6.28. The molecular weight excluding hydrogens is 697 g/mol. The van der Waals surface area contributed by atoms with Gasteiger partial charge in [-0.15, -0.1) is 0 Å². The van der Waals surface area contributed by atoms with Gasteiger partial charge in [0.1, 0.15) is 0 Å². The second kappa shape index (κ2) is 15.6. The third-order valence-corrected chi connectivity index (χ3v) is 8.99. The van der Waals surface area contributed by atoms with Crippen molar-refractivity contribution in [2.24, 2.45) is 0 Å². The van der Waals surface area contributed by atoms with Gasteiger partial charge in [0.2, 0.25) is 0 Å². The number of amides is 8. The Morgan fingerprint density at radius 2 is 0.764 bits per heavy atom. The molecule has 2 heterocycles. The SMILES string of the molecule is Cc1ccc(NC(=O)Nc2ccc(Cc3ccc(N4C(=O)C=CC4=O)cc3)cc2)cc1NC(=O)Nc1ccc(Cc2ccc(N3C(=O)C=CC3=O)cc2)cc1. The van der Waals surface area contributed by atoms with E-state index >= 15 is 0 Å². The highest BCUT2D eigenvalue weighted by Crippen LogP contribution is 2.25. The number of aryl methyl sites for hydroxylation is 1. The molecule has 272 valence electrons. The topological polar surface area (TPSA) is 157 Å². The fraction of sp³-hybridized carbons (Fsp3) is 0.0698. The maximum atomic E-state index is 12.9. The highest BCUT2D eigenvalue weighted by Gasteiger charge is 2.26. The van der Waals surface area contributed by atoms with Crippen molar-refractivity contribution in [2.75, 3.05) is 31.1 Å². The van der Waals surface area contributed by atoms with Crippen LogP contribution in [0.3, 0.4) is 0 Å². The first-order valence-electron chi connectivity index (χ1n) is 17.3. The number of urea groups is 2. The second-order valence-electron chi connectivity index (χ2n) is 13.0. The lowest BCUT2D eigenvalue weighted by molar-refractivity contribution is -0.121. The van der Waals surface area contributed by atoms with Crippen LogP contribution in [-0.2, 0) is 32.0 Å². The van der Waals surface area contributed by atoms with Gasteiger partial charge in [-0.25, -0.2) is 19.4 Å². The van der Waals surface area contributed by atoms with Gasteiger partial charge < -0.3 is 21.3 Å². The first-order chi connectivity index (χ1) is 26.6. The van der Waals surface area contributed by atoms with Crippen LogP contribution in [0.5, 0.6) is 0 Å². The van der Waals surface area contributed by atoms with Gasteiger partial charge in [-0.05, 0) is 108 Å². The second-order valence-corrected chi connectivity index (χ2v) is 13.0. The lowest BCUT2D eigenvalue weighted by Crippen LogP contribution is -2.29. The largest absolute Gasteiger partial charge is 0.323 e. The van der Waals surface area contributed by atoms with Crippen LogP contribution in [-0.4, -0.2) is 35.7 Å². The van der Waals surface area contributed by atoms with Crippen LogP contribution < -0.4 is 31.1 Å². The molecule has 0 saturated heterocycles. The van der Waals surface area contributed by atoms with E-state index in [4.69, 9.17) is 0 Å². The molecule has 5 aromatic rings. The number of nitrogens with zero attached hydrogens (tertiary/aromatic N) is 2. The van der Waals surface area contributed by atoms with E-state index in [1.54, 1.807) is 66.7 Å². The number of hydrogen-bond donors (Lipinski definition) is 4. The van der Waals surface area contributed by atoms with Gasteiger partial charge in [-0.2, -0.15) is 0 Å². The molecule has 4 N–H and O–H groups in total. The first-order valence-corrected chi connectivity index (χ1v) is 17.3. The average molecular weight is 731 g/mol. The molecule has 0 saturated carbocycles. The van der Waals surface area contributed by atoms with Crippen molar-refractivity contribution >= 4 is 69.8 Å². The molecule has 5 aromatic carbocycles. The van der Waals surface area contributed by atoms with Crippen LogP contribution in [0.25, 0.3) is 0 Å². The van der Waals surface area contributed by atoms with Gasteiger partial charge in [0.05, 0.1) is 11.4 Å². The Labute approximate surface area is 316 Å². The summed E-state index contributed by atoms with van der Waals surface area (Å²) in [4.78, 5) is 75.7. The summed E-state index contributed by atoms with van der Waals surface area (Å²) >= 11 is 0. The molecule has 0 radical (unpaired) electrons. The third kappa shape index (κ3) is 8.56. The minimum atomic E-state index is -0.451. The normalized spacial score (nSPS) is 13.4. The Kier molecular flexibility index (Phi) is 10.1. The van der Waals surface area contributed by atoms with E-state index < -0.39 is 12.1 Å². The molecule has 0 spiro atoms. The Morgan fingerprint density at radius 3 is 1.16 bits per heavy atom. The van der Waals surface area contributed by atoms with Gasteiger partial charge in [0.25, 0.3) is 23.6 Å². The molecule has 12 nitrogen and oxygen atoms in total. The van der Waals surface area contributed by atoms with Crippen molar-refractivity contribution in [1.29, 1.82) is 0 Å². The summed E-state index contributed by atoms with van der Waals surface area (Å²) in [7, 11) is 0. The van der Waals surface area contributed by atoms with Crippen molar-refractivity contribution in [3.05, 3.63) is 167 Å². The molecule has 8 amide bonds. The fourth-order valence-electron chi connectivity index (χ4n) is 6.13. The molecular formula is C43H34N6O6. The molecule has 0 bridgehead atoms. The smallest absolute Gasteiger partial charge is 0.308 e. The number of rotatable bonds is 10. The molecule has 2 aliphatic heterocycles. The Hall–Kier alpha value is -7.60. The van der Waals surface area contributed by atoms with Gasteiger partial charge in [0.15, 0.2) is 0 Å². The standard InChI is InChI=1S/C43H34N6O6/c1-27-2-11-34(46-42(54)44-32-12-3-28(4-13-32)24-30-7-16-35(17-8-30)48-38(50)20-21-39(48)51)26-37(27)47-43(55)45-33-14-5-29(6-15-33)25-31-9-18-36(19-10-31)49-40(52)22-23-41(49)53/h2-23,26H,24-25H2,1H3,(H2,44,46,54)(H2,45,47,55). The van der Waals surface area contributed by atoms with E-state index in [-0.39, 0.29) is 23.6 Å². The van der Waals surface area contributed by atoms with Gasteiger partial charge in [0, 0.05) is 47.1 Å². The number of nitrogens with one attached hydrogen (secondary N) is 4. The van der Waals surface area contributed by atoms with E-state index in [0.29, 0.717) is 47.0 Å². The molecule has 55 heavy (non-hydrogen) atoms. The zero-order chi connectivity index (χ0) is 38.5. The quantitative estimate of drug-likeness (QED) is 0.110. The summed E-state index contributed by atoms with van der Waals surface area (Å²) in [6.07, 6.45) is 6.25. The number of carbonyl (C=O) groups excluding carboxylic acids is 6. The fourth-order valence-corrected chi connectivity index (χ4v) is 6.13. The van der Waals surface area contributed by atoms with E-state index in [1.807, 2.05) is 55.5 Å². The molecule has 7 rings (SSSR count). The number of benzene rings is 5. The van der Waals surface area contributed by atoms with Gasteiger partial charge >= 0.3 is 12.1 Å². The monoisotopic (exact) mass is 730 g/mol. The lowest BCUT2D eigenvalue weighted by Gasteiger charge is -2.14. The van der Waals surface area contributed by atoms with Crippen LogP contribution in [0, 0.1) is 6.92 Å². The predicted molar refractivity (Wildman–Crippen MR) is 211 cm³/mol. The van der Waals surface area contributed by atoms with Crippen LogP contribution in [0.4, 0.5) is 43.7 Å². The predicted octanol–water partition coefficient (Wildman–Crippen LogP) is 7.32. The Morgan fingerprint density at radius 1 is 0.436 bits per heavy atom. The number of imide groups is 2. The first kappa shape index (κ1) is 35.8. The zero-order valence-electron chi connectivity index (χ0n) is 29.5. The summed E-state index contributed by atoms with van der Waals surface area (Å²) in [5, 5.41) is 11.3. The Balaban J connectivity index is 0.878. The van der Waals surface area contributed by atoms with Crippen molar-refractivity contribution in [2.45, 2.75) is 19.8 Å². The maximum absolute atomic E-state index is 12.9. The number of carbonyl (C=O) groups is 6. The van der Waals surface area contributed by atoms with E-state index in [2.05, 4.69) is 21.3 Å². The number of anilines is 6. The van der Waals surface area contributed by atoms with Crippen LogP contribution in [0.15, 0.2) is 140 Å². The minimum Gasteiger partial charge on any atom is -0.308 e. The molecule has 0 atom stereocenters. The average Bonchev–Trinajstić information content (AvgIpc) is 3.70. The molecule has 0 unspecified atom stereocenters. The highest BCUT2D eigenvalue weighted by atomic mass is 16.2. The molecule has 2 aliphatic rings. The molecule has 0 aliphatic carbocycles. The summed E-state index contributed by atoms with van der Waals surface area (Å²) in [5.41, 5.74) is 8.05. The maximum Gasteiger partial charge on any atom is 0.323 e. The number of hydrogen-bond acceptors (Lipinski definition) is 6. The van der Waals surface area contributed by atoms with Crippen molar-refractivity contribution in [3.8, 4) is 0 Å². The molecule has 0 fully saturated rings. The lowest BCUT2D eigenvalue weighted by atomic mass is 10.0. The molecule has 12 heteroatoms. The minimum absolute atomic E-state index is 0.359. The van der Waals surface area contributed by atoms with E-state index in [1.165, 1.54) is 24.3 Å². The van der Waals surface area contributed by atoms with Gasteiger partial charge in [-0.1, -0.05) is 54.6 Å². The van der Waals surface area contributed by atoms with Crippen molar-refractivity contribution in [1.82, 2.24) is 0 Å². The van der Waals surface area contributed by atoms with E-state index in [9.17, 15) is 28.8 Å². The van der Waals surface area contributed by atoms with Gasteiger partial charge in [-0.3, -0.25) is 19.2 Å². The Bertz CT molecular complexity index is 2350. The summed E-state index contributed by atoms with van der Waals surface area (Å²) in [5.74, 6) is -1.44. The van der Waals surface area contributed by atoms with Crippen LogP contribution in [0.2, 0.25) is 0 Å². The van der Waals surface area contributed by atoms with Crippen LogP contribution >= 0.6 is 0 Å². The summed E-state index contributed by atoms with van der Waals surface area (Å²) in [6.45, 7) is 1.85. The zero-order valence-corrected chi connectivity index (χ0v) is 29.5. The van der Waals surface area contributed by atoms with E-state index in [0.717, 1.165) is 37.6 Å². The van der Waals surface area contributed by atoms with Crippen LogP contribution in [0.1, 0.15) is 27.8 Å². The summed E-state index contributed by atoms with van der Waals surface area (Å²) < 4.78 is 0. The van der Waals surface area contributed by atoms with Crippen molar-refractivity contribution in [3.63, 3.8) is 0 Å². The summed E-state index contributed by atoms with van der Waals surface area (Å²) in [6, 6.07) is 33.6.